The number of fused-ring (bicyclic) bond motifs is 9. The first-order valence-corrected chi connectivity index (χ1v) is 19.1. The van der Waals surface area contributed by atoms with Crippen LogP contribution in [0, 0.1) is 0 Å². The van der Waals surface area contributed by atoms with Crippen LogP contribution in [0.25, 0.3) is 111 Å². The first kappa shape index (κ1) is 31.5. The Hall–Kier alpha value is -7.83. The van der Waals surface area contributed by atoms with Gasteiger partial charge in [-0.05, 0) is 48.5 Å². The predicted octanol–water partition coefficient (Wildman–Crippen LogP) is 13.0. The monoisotopic (exact) mass is 729 g/mol. The standard InChI is InChI=1S/C51H31N5O/c1-3-15-32(16-4-1)49-52-50(33-17-5-2-6-18-33)54-51(53-49)41-29-34(27-28-45(41)56-43-24-12-7-19-35(43)36-20-8-13-25-44(36)56)55-42-23-11-9-21-37(42)39-30-40-38-22-10-14-26-47(38)57-48(40)31-46(39)55/h1-31H. The molecule has 0 radical (unpaired) electrons. The van der Waals surface area contributed by atoms with Crippen LogP contribution in [-0.4, -0.2) is 24.1 Å². The molecule has 0 aliphatic heterocycles. The van der Waals surface area contributed by atoms with Crippen LogP contribution in [0.4, 0.5) is 0 Å². The molecule has 6 nitrogen and oxygen atoms in total. The minimum Gasteiger partial charge on any atom is -0.456 e. The largest absolute Gasteiger partial charge is 0.456 e. The summed E-state index contributed by atoms with van der Waals surface area (Å²) in [6.45, 7) is 0. The van der Waals surface area contributed by atoms with Crippen molar-refractivity contribution in [1.29, 1.82) is 0 Å². The van der Waals surface area contributed by atoms with Crippen LogP contribution >= 0.6 is 0 Å². The molecule has 0 N–H and O–H groups in total. The van der Waals surface area contributed by atoms with E-state index in [-0.39, 0.29) is 0 Å². The molecule has 0 aliphatic carbocycles. The van der Waals surface area contributed by atoms with Crippen molar-refractivity contribution in [3.05, 3.63) is 188 Å². The summed E-state index contributed by atoms with van der Waals surface area (Å²) in [4.78, 5) is 15.6. The smallest absolute Gasteiger partial charge is 0.166 e. The maximum Gasteiger partial charge on any atom is 0.166 e. The Labute approximate surface area is 326 Å². The topological polar surface area (TPSA) is 61.7 Å². The zero-order chi connectivity index (χ0) is 37.5. The Bertz CT molecular complexity index is 3410. The van der Waals surface area contributed by atoms with Crippen LogP contribution in [0.1, 0.15) is 0 Å². The molecule has 8 aromatic carbocycles. The maximum absolute atomic E-state index is 6.46. The average Bonchev–Trinajstić information content (AvgIpc) is 3.93. The molecule has 0 atom stereocenters. The van der Waals surface area contributed by atoms with Crippen molar-refractivity contribution >= 4 is 65.6 Å². The van der Waals surface area contributed by atoms with Crippen molar-refractivity contribution in [3.8, 4) is 45.5 Å². The second kappa shape index (κ2) is 12.3. The molecule has 266 valence electrons. The van der Waals surface area contributed by atoms with Crippen LogP contribution in [0.15, 0.2) is 192 Å². The number of furan rings is 1. The summed E-state index contributed by atoms with van der Waals surface area (Å²) in [6, 6.07) is 65.5. The zero-order valence-corrected chi connectivity index (χ0v) is 30.5. The second-order valence-electron chi connectivity index (χ2n) is 14.4. The van der Waals surface area contributed by atoms with Gasteiger partial charge in [-0.15, -0.1) is 0 Å². The quantitative estimate of drug-likeness (QED) is 0.177. The van der Waals surface area contributed by atoms with Gasteiger partial charge in [-0.3, -0.25) is 0 Å². The van der Waals surface area contributed by atoms with Gasteiger partial charge in [0.1, 0.15) is 11.2 Å². The molecule has 0 bridgehead atoms. The molecule has 4 heterocycles. The van der Waals surface area contributed by atoms with Gasteiger partial charge < -0.3 is 13.6 Å². The summed E-state index contributed by atoms with van der Waals surface area (Å²) in [7, 11) is 0. The van der Waals surface area contributed by atoms with Gasteiger partial charge in [-0.2, -0.15) is 0 Å². The fourth-order valence-electron chi connectivity index (χ4n) is 8.61. The van der Waals surface area contributed by atoms with E-state index in [4.69, 9.17) is 19.4 Å². The van der Waals surface area contributed by atoms with Crippen molar-refractivity contribution in [2.75, 3.05) is 0 Å². The third-order valence-corrected chi connectivity index (χ3v) is 11.2. The third kappa shape index (κ3) is 4.87. The highest BCUT2D eigenvalue weighted by atomic mass is 16.3. The molecular formula is C51H31N5O. The molecule has 0 fully saturated rings. The number of para-hydroxylation sites is 4. The van der Waals surface area contributed by atoms with E-state index in [2.05, 4.69) is 149 Å². The Balaban J connectivity index is 1.19. The molecule has 0 spiro atoms. The lowest BCUT2D eigenvalue weighted by molar-refractivity contribution is 0.669. The van der Waals surface area contributed by atoms with E-state index in [0.717, 1.165) is 77.5 Å². The Morgan fingerprint density at radius 2 is 0.842 bits per heavy atom. The number of nitrogens with zero attached hydrogens (tertiary/aromatic N) is 5. The van der Waals surface area contributed by atoms with Gasteiger partial charge in [0, 0.05) is 60.8 Å². The molecule has 4 aromatic heterocycles. The fraction of sp³-hybridized carbons (Fsp3) is 0. The molecule has 0 amide bonds. The summed E-state index contributed by atoms with van der Waals surface area (Å²) in [5, 5.41) is 6.93. The van der Waals surface area contributed by atoms with Crippen LogP contribution in [0.2, 0.25) is 0 Å². The third-order valence-electron chi connectivity index (χ3n) is 11.2. The Morgan fingerprint density at radius 1 is 0.333 bits per heavy atom. The highest BCUT2D eigenvalue weighted by molar-refractivity contribution is 6.17. The summed E-state index contributed by atoms with van der Waals surface area (Å²) in [6.07, 6.45) is 0. The molecular weight excluding hydrogens is 699 g/mol. The van der Waals surface area contributed by atoms with Gasteiger partial charge in [0.25, 0.3) is 0 Å². The fourth-order valence-corrected chi connectivity index (χ4v) is 8.61. The van der Waals surface area contributed by atoms with Gasteiger partial charge in [-0.25, -0.2) is 15.0 Å². The van der Waals surface area contributed by atoms with E-state index in [1.54, 1.807) is 0 Å². The summed E-state index contributed by atoms with van der Waals surface area (Å²) < 4.78 is 11.1. The second-order valence-corrected chi connectivity index (χ2v) is 14.4. The molecule has 12 rings (SSSR count). The van der Waals surface area contributed by atoms with Crippen molar-refractivity contribution in [2.24, 2.45) is 0 Å². The molecule has 0 aliphatic rings. The van der Waals surface area contributed by atoms with Crippen molar-refractivity contribution in [3.63, 3.8) is 0 Å². The van der Waals surface area contributed by atoms with E-state index in [0.29, 0.717) is 17.5 Å². The number of aromatic nitrogens is 5. The minimum atomic E-state index is 0.585. The van der Waals surface area contributed by atoms with Gasteiger partial charge in [-0.1, -0.05) is 133 Å². The van der Waals surface area contributed by atoms with E-state index >= 15 is 0 Å². The Morgan fingerprint density at radius 3 is 1.47 bits per heavy atom. The van der Waals surface area contributed by atoms with Crippen LogP contribution in [0.5, 0.6) is 0 Å². The van der Waals surface area contributed by atoms with Crippen molar-refractivity contribution < 1.29 is 4.42 Å². The number of hydrogen-bond donors (Lipinski definition) is 0. The first-order valence-electron chi connectivity index (χ1n) is 19.1. The van der Waals surface area contributed by atoms with Crippen LogP contribution in [0.3, 0.4) is 0 Å². The van der Waals surface area contributed by atoms with Crippen molar-refractivity contribution in [1.82, 2.24) is 24.1 Å². The lowest BCUT2D eigenvalue weighted by Crippen LogP contribution is -2.05. The lowest BCUT2D eigenvalue weighted by Gasteiger charge is -2.17. The molecule has 0 saturated carbocycles. The average molecular weight is 730 g/mol. The maximum atomic E-state index is 6.46. The normalized spacial score (nSPS) is 11.9. The van der Waals surface area contributed by atoms with Crippen LogP contribution in [-0.2, 0) is 0 Å². The highest BCUT2D eigenvalue weighted by Gasteiger charge is 2.22. The van der Waals surface area contributed by atoms with Gasteiger partial charge in [0.2, 0.25) is 0 Å². The molecule has 6 heteroatoms. The van der Waals surface area contributed by atoms with Gasteiger partial charge in [0.15, 0.2) is 17.5 Å². The van der Waals surface area contributed by atoms with E-state index in [1.807, 2.05) is 48.5 Å². The van der Waals surface area contributed by atoms with E-state index in [1.165, 1.54) is 16.2 Å². The summed E-state index contributed by atoms with van der Waals surface area (Å²) in [5.74, 6) is 1.81. The molecule has 0 saturated heterocycles. The zero-order valence-electron chi connectivity index (χ0n) is 30.5. The number of benzene rings is 8. The van der Waals surface area contributed by atoms with E-state index in [9.17, 15) is 0 Å². The molecule has 12 aromatic rings. The number of hydrogen-bond acceptors (Lipinski definition) is 4. The minimum absolute atomic E-state index is 0.585. The van der Waals surface area contributed by atoms with Gasteiger partial charge in [0.05, 0.1) is 27.8 Å². The first-order chi connectivity index (χ1) is 28.3. The van der Waals surface area contributed by atoms with Gasteiger partial charge >= 0.3 is 0 Å². The predicted molar refractivity (Wildman–Crippen MR) is 232 cm³/mol. The summed E-state index contributed by atoms with van der Waals surface area (Å²) >= 11 is 0. The van der Waals surface area contributed by atoms with Crippen molar-refractivity contribution in [2.45, 2.75) is 0 Å². The number of rotatable bonds is 5. The highest BCUT2D eigenvalue weighted by Crippen LogP contribution is 2.41. The van der Waals surface area contributed by atoms with Crippen LogP contribution < -0.4 is 0 Å². The lowest BCUT2D eigenvalue weighted by atomic mass is 10.1. The SMILES string of the molecule is c1ccc(-c2nc(-c3ccccc3)nc(-c3cc(-n4c5ccccc5c5cc6c(cc54)oc4ccccc46)ccc3-n3c4ccccc4c4ccccc43)n2)cc1. The summed E-state index contributed by atoms with van der Waals surface area (Å²) in [5.41, 5.74) is 10.8. The Kier molecular flexibility index (Phi) is 6.83. The molecule has 57 heavy (non-hydrogen) atoms. The van der Waals surface area contributed by atoms with E-state index < -0.39 is 0 Å². The molecule has 0 unspecified atom stereocenters.